The van der Waals surface area contributed by atoms with Crippen LogP contribution in [0.4, 0.5) is 11.6 Å². The van der Waals surface area contributed by atoms with Crippen LogP contribution in [0.5, 0.6) is 0 Å². The Balaban J connectivity index is 1.24. The van der Waals surface area contributed by atoms with Crippen LogP contribution in [0, 0.1) is 5.92 Å². The lowest BCUT2D eigenvalue weighted by Crippen LogP contribution is -2.50. The lowest BCUT2D eigenvalue weighted by Gasteiger charge is -2.40. The smallest absolute Gasteiger partial charge is 0.178 e. The monoisotopic (exact) mass is 378 g/mol. The summed E-state index contributed by atoms with van der Waals surface area (Å²) >= 11 is 0. The molecule has 5 rings (SSSR count). The molecule has 0 aromatic carbocycles. The first-order valence-corrected chi connectivity index (χ1v) is 10.0. The Hall–Kier alpha value is -2.77. The van der Waals surface area contributed by atoms with Gasteiger partial charge in [0, 0.05) is 42.2 Å². The van der Waals surface area contributed by atoms with Crippen molar-refractivity contribution in [2.45, 2.75) is 45.4 Å². The predicted molar refractivity (Wildman–Crippen MR) is 108 cm³/mol. The van der Waals surface area contributed by atoms with Crippen LogP contribution in [0.2, 0.25) is 0 Å². The van der Waals surface area contributed by atoms with Crippen molar-refractivity contribution in [3.63, 3.8) is 0 Å². The van der Waals surface area contributed by atoms with Gasteiger partial charge in [-0.2, -0.15) is 4.52 Å². The molecule has 1 aliphatic heterocycles. The average molecular weight is 378 g/mol. The molecule has 8 heteroatoms. The first kappa shape index (κ1) is 17.3. The Morgan fingerprint density at radius 3 is 2.79 bits per heavy atom. The van der Waals surface area contributed by atoms with Gasteiger partial charge in [-0.05, 0) is 31.4 Å². The van der Waals surface area contributed by atoms with Crippen LogP contribution in [0.15, 0.2) is 18.5 Å². The van der Waals surface area contributed by atoms with Crippen molar-refractivity contribution >= 4 is 17.3 Å². The number of anilines is 2. The number of nitrogens with zero attached hydrogens (tertiary/aromatic N) is 7. The minimum atomic E-state index is -0.0930. The number of rotatable bonds is 4. The van der Waals surface area contributed by atoms with Gasteiger partial charge in [-0.25, -0.2) is 9.97 Å². The molecule has 0 saturated carbocycles. The van der Waals surface area contributed by atoms with Gasteiger partial charge in [0.05, 0.1) is 0 Å². The van der Waals surface area contributed by atoms with E-state index in [0.29, 0.717) is 5.92 Å². The second kappa shape index (κ2) is 6.39. The highest BCUT2D eigenvalue weighted by molar-refractivity contribution is 5.50. The first-order valence-electron chi connectivity index (χ1n) is 10.0. The van der Waals surface area contributed by atoms with Gasteiger partial charge in [0.2, 0.25) is 0 Å². The molecule has 2 aliphatic rings. The zero-order chi connectivity index (χ0) is 19.3. The lowest BCUT2D eigenvalue weighted by atomic mass is 9.96. The summed E-state index contributed by atoms with van der Waals surface area (Å²) in [6.07, 6.45) is 5.05. The van der Waals surface area contributed by atoms with Crippen molar-refractivity contribution in [3.05, 3.63) is 35.5 Å². The van der Waals surface area contributed by atoms with Crippen molar-refractivity contribution in [3.8, 4) is 0 Å². The van der Waals surface area contributed by atoms with E-state index in [1.165, 1.54) is 17.7 Å². The minimum Gasteiger partial charge on any atom is -0.369 e. The van der Waals surface area contributed by atoms with Crippen molar-refractivity contribution in [1.29, 1.82) is 0 Å². The van der Waals surface area contributed by atoms with Gasteiger partial charge < -0.3 is 10.2 Å². The Labute approximate surface area is 164 Å². The van der Waals surface area contributed by atoms with Crippen LogP contribution < -0.4 is 10.2 Å². The van der Waals surface area contributed by atoms with Crippen molar-refractivity contribution in [2.75, 3.05) is 29.9 Å². The van der Waals surface area contributed by atoms with Crippen LogP contribution in [0.3, 0.4) is 0 Å². The van der Waals surface area contributed by atoms with Crippen LogP contribution in [-0.4, -0.2) is 49.4 Å². The molecule has 1 saturated heterocycles. The number of nitrogens with one attached hydrogen (secondary N) is 1. The molecule has 3 aromatic rings. The number of aryl methyl sites for hydroxylation is 1. The molecule has 28 heavy (non-hydrogen) atoms. The topological polar surface area (TPSA) is 84.1 Å². The lowest BCUT2D eigenvalue weighted by molar-refractivity contribution is 0.423. The van der Waals surface area contributed by atoms with E-state index >= 15 is 0 Å². The van der Waals surface area contributed by atoms with Crippen LogP contribution in [0.1, 0.15) is 44.3 Å². The fraction of sp³-hybridized carbons (Fsp3) is 0.550. The fourth-order valence-corrected chi connectivity index (χ4v) is 4.05. The van der Waals surface area contributed by atoms with Gasteiger partial charge in [-0.1, -0.05) is 20.8 Å². The Morgan fingerprint density at radius 2 is 1.96 bits per heavy atom. The van der Waals surface area contributed by atoms with Crippen LogP contribution in [0.25, 0.3) is 5.65 Å². The standard InChI is InChI=1S/C20H26N8/c1-20(2,3)19-25-24-16-7-8-17(26-28(16)19)27-10-13(11-27)9-21-18-14-5-4-6-15(14)22-12-23-18/h7-8,12-13H,4-6,9-11H2,1-3H3,(H,21,22,23). The normalized spacial score (nSPS) is 17.0. The highest BCUT2D eigenvalue weighted by Crippen LogP contribution is 2.28. The molecule has 8 nitrogen and oxygen atoms in total. The number of aromatic nitrogens is 6. The Bertz CT molecular complexity index is 1010. The zero-order valence-electron chi connectivity index (χ0n) is 16.7. The zero-order valence-corrected chi connectivity index (χ0v) is 16.7. The third-order valence-corrected chi connectivity index (χ3v) is 5.63. The SMILES string of the molecule is CC(C)(C)c1nnc2ccc(N3CC(CNc4ncnc5c4CCC5)C3)nn12. The van der Waals surface area contributed by atoms with Crippen LogP contribution in [-0.2, 0) is 18.3 Å². The summed E-state index contributed by atoms with van der Waals surface area (Å²) in [4.78, 5) is 11.2. The molecule has 146 valence electrons. The molecular formula is C20H26N8. The van der Waals surface area contributed by atoms with Gasteiger partial charge in [-0.3, -0.25) is 0 Å². The minimum absolute atomic E-state index is 0.0930. The summed E-state index contributed by atoms with van der Waals surface area (Å²) in [6, 6.07) is 4.04. The molecule has 0 unspecified atom stereocenters. The van der Waals surface area contributed by atoms with Gasteiger partial charge in [0.15, 0.2) is 11.5 Å². The third kappa shape index (κ3) is 2.96. The molecule has 0 atom stereocenters. The maximum Gasteiger partial charge on any atom is 0.178 e. The van der Waals surface area contributed by atoms with E-state index in [0.717, 1.165) is 55.6 Å². The third-order valence-electron chi connectivity index (χ3n) is 5.63. The van der Waals surface area contributed by atoms with E-state index in [1.54, 1.807) is 6.33 Å². The second-order valence-electron chi connectivity index (χ2n) is 8.89. The number of hydrogen-bond donors (Lipinski definition) is 1. The van der Waals surface area contributed by atoms with E-state index in [2.05, 4.69) is 51.2 Å². The fourth-order valence-electron chi connectivity index (χ4n) is 4.05. The molecule has 4 heterocycles. The molecule has 1 fully saturated rings. The largest absolute Gasteiger partial charge is 0.369 e. The first-order chi connectivity index (χ1) is 13.5. The van der Waals surface area contributed by atoms with E-state index in [-0.39, 0.29) is 5.41 Å². The molecule has 0 bridgehead atoms. The molecule has 1 N–H and O–H groups in total. The van der Waals surface area contributed by atoms with Crippen LogP contribution >= 0.6 is 0 Å². The summed E-state index contributed by atoms with van der Waals surface area (Å²) in [5.74, 6) is 3.49. The summed E-state index contributed by atoms with van der Waals surface area (Å²) in [5.41, 5.74) is 3.23. The van der Waals surface area contributed by atoms with E-state index in [9.17, 15) is 0 Å². The quantitative estimate of drug-likeness (QED) is 0.745. The van der Waals surface area contributed by atoms with Crippen molar-refractivity contribution < 1.29 is 0 Å². The Morgan fingerprint density at radius 1 is 1.11 bits per heavy atom. The number of hydrogen-bond acceptors (Lipinski definition) is 7. The van der Waals surface area contributed by atoms with Gasteiger partial charge in [0.25, 0.3) is 0 Å². The molecule has 0 spiro atoms. The molecule has 0 amide bonds. The van der Waals surface area contributed by atoms with Crippen molar-refractivity contribution in [2.24, 2.45) is 5.92 Å². The van der Waals surface area contributed by atoms with Gasteiger partial charge >= 0.3 is 0 Å². The summed E-state index contributed by atoms with van der Waals surface area (Å²) < 4.78 is 1.88. The molecule has 1 aliphatic carbocycles. The average Bonchev–Trinajstić information content (AvgIpc) is 3.26. The van der Waals surface area contributed by atoms with Gasteiger partial charge in [0.1, 0.15) is 18.0 Å². The highest BCUT2D eigenvalue weighted by atomic mass is 15.4. The summed E-state index contributed by atoms with van der Waals surface area (Å²) in [5, 5.41) is 16.9. The maximum absolute atomic E-state index is 4.80. The van der Waals surface area contributed by atoms with Gasteiger partial charge in [-0.15, -0.1) is 15.3 Å². The summed E-state index contributed by atoms with van der Waals surface area (Å²) in [6.45, 7) is 9.31. The van der Waals surface area contributed by atoms with E-state index < -0.39 is 0 Å². The Kier molecular flexibility index (Phi) is 3.96. The molecular weight excluding hydrogens is 352 g/mol. The number of fused-ring (bicyclic) bond motifs is 2. The predicted octanol–water partition coefficient (Wildman–Crippen LogP) is 2.25. The summed E-state index contributed by atoms with van der Waals surface area (Å²) in [7, 11) is 0. The molecule has 3 aromatic heterocycles. The maximum atomic E-state index is 4.80. The highest BCUT2D eigenvalue weighted by Gasteiger charge is 2.29. The van der Waals surface area contributed by atoms with Crippen molar-refractivity contribution in [1.82, 2.24) is 29.8 Å². The second-order valence-corrected chi connectivity index (χ2v) is 8.89. The molecule has 0 radical (unpaired) electrons. The van der Waals surface area contributed by atoms with E-state index in [1.807, 2.05) is 16.6 Å². The van der Waals surface area contributed by atoms with E-state index in [4.69, 9.17) is 5.10 Å².